The highest BCUT2D eigenvalue weighted by Gasteiger charge is 2.14. The molecule has 1 aliphatic heterocycles. The Morgan fingerprint density at radius 3 is 2.64 bits per heavy atom. The molecule has 84 valence electrons. The third kappa shape index (κ3) is 5.26. The molecule has 0 amide bonds. The second kappa shape index (κ2) is 6.73. The molecule has 2 heteroatoms. The van der Waals surface area contributed by atoms with Crippen molar-refractivity contribution in [2.45, 2.75) is 57.7 Å². The molecule has 0 radical (unpaired) electrons. The van der Waals surface area contributed by atoms with Gasteiger partial charge in [0.2, 0.25) is 0 Å². The van der Waals surface area contributed by atoms with Gasteiger partial charge >= 0.3 is 0 Å². The van der Waals surface area contributed by atoms with Crippen LogP contribution in [0.4, 0.5) is 0 Å². The second-order valence-corrected chi connectivity index (χ2v) is 6.34. The molecule has 0 spiro atoms. The predicted molar refractivity (Wildman–Crippen MR) is 67.0 cm³/mol. The van der Waals surface area contributed by atoms with E-state index in [-0.39, 0.29) is 0 Å². The quantitative estimate of drug-likeness (QED) is 0.755. The SMILES string of the molecule is CC(C)CC(C)NCC1CCCCS1. The van der Waals surface area contributed by atoms with Crippen molar-refractivity contribution < 1.29 is 0 Å². The molecular weight excluding hydrogens is 190 g/mol. The van der Waals surface area contributed by atoms with Gasteiger partial charge in [0, 0.05) is 17.8 Å². The normalized spacial score (nSPS) is 25.3. The fourth-order valence-corrected chi connectivity index (χ4v) is 3.34. The van der Waals surface area contributed by atoms with Gasteiger partial charge < -0.3 is 5.32 Å². The number of hydrogen-bond donors (Lipinski definition) is 1. The molecule has 1 saturated heterocycles. The van der Waals surface area contributed by atoms with Crippen LogP contribution >= 0.6 is 11.8 Å². The first-order chi connectivity index (χ1) is 6.68. The molecule has 1 N–H and O–H groups in total. The van der Waals surface area contributed by atoms with Crippen LogP contribution in [0.3, 0.4) is 0 Å². The summed E-state index contributed by atoms with van der Waals surface area (Å²) >= 11 is 2.16. The molecule has 2 unspecified atom stereocenters. The first-order valence-electron chi connectivity index (χ1n) is 6.03. The third-order valence-electron chi connectivity index (χ3n) is 2.79. The van der Waals surface area contributed by atoms with Gasteiger partial charge in [0.15, 0.2) is 0 Å². The molecule has 14 heavy (non-hydrogen) atoms. The van der Waals surface area contributed by atoms with Crippen LogP contribution in [0, 0.1) is 5.92 Å². The Kier molecular flexibility index (Phi) is 5.95. The summed E-state index contributed by atoms with van der Waals surface area (Å²) in [5.74, 6) is 2.20. The Morgan fingerprint density at radius 1 is 1.29 bits per heavy atom. The van der Waals surface area contributed by atoms with E-state index in [2.05, 4.69) is 37.8 Å². The minimum Gasteiger partial charge on any atom is -0.313 e. The Labute approximate surface area is 93.4 Å². The van der Waals surface area contributed by atoms with Crippen molar-refractivity contribution in [1.82, 2.24) is 5.32 Å². The summed E-state index contributed by atoms with van der Waals surface area (Å²) in [6.07, 6.45) is 5.60. The summed E-state index contributed by atoms with van der Waals surface area (Å²) in [6, 6.07) is 0.692. The predicted octanol–water partition coefficient (Wildman–Crippen LogP) is 3.30. The van der Waals surface area contributed by atoms with Crippen molar-refractivity contribution in [1.29, 1.82) is 0 Å². The molecule has 0 aromatic rings. The highest BCUT2D eigenvalue weighted by Crippen LogP contribution is 2.24. The lowest BCUT2D eigenvalue weighted by molar-refractivity contribution is 0.436. The average molecular weight is 215 g/mol. The molecule has 0 bridgehead atoms. The number of rotatable bonds is 5. The number of nitrogens with one attached hydrogen (secondary N) is 1. The zero-order chi connectivity index (χ0) is 10.4. The standard InChI is InChI=1S/C12H25NS/c1-10(2)8-11(3)13-9-12-6-4-5-7-14-12/h10-13H,4-9H2,1-3H3. The van der Waals surface area contributed by atoms with Crippen LogP contribution < -0.4 is 5.32 Å². The van der Waals surface area contributed by atoms with Crippen LogP contribution in [0.15, 0.2) is 0 Å². The molecule has 1 heterocycles. The maximum atomic E-state index is 3.66. The molecule has 0 aromatic heterocycles. The average Bonchev–Trinajstić information content (AvgIpc) is 2.15. The first-order valence-corrected chi connectivity index (χ1v) is 7.08. The molecule has 1 rings (SSSR count). The van der Waals surface area contributed by atoms with E-state index in [9.17, 15) is 0 Å². The fraction of sp³-hybridized carbons (Fsp3) is 1.00. The van der Waals surface area contributed by atoms with Crippen molar-refractivity contribution in [2.75, 3.05) is 12.3 Å². The molecule has 2 atom stereocenters. The van der Waals surface area contributed by atoms with Gasteiger partial charge in [-0.25, -0.2) is 0 Å². The second-order valence-electron chi connectivity index (χ2n) is 4.93. The van der Waals surface area contributed by atoms with Gasteiger partial charge in [-0.05, 0) is 37.9 Å². The summed E-state index contributed by atoms with van der Waals surface area (Å²) in [5, 5.41) is 4.55. The van der Waals surface area contributed by atoms with Crippen molar-refractivity contribution in [2.24, 2.45) is 5.92 Å². The maximum Gasteiger partial charge on any atom is 0.0172 e. The summed E-state index contributed by atoms with van der Waals surface area (Å²) in [4.78, 5) is 0. The van der Waals surface area contributed by atoms with E-state index in [1.54, 1.807) is 0 Å². The van der Waals surface area contributed by atoms with Crippen molar-refractivity contribution in [3.8, 4) is 0 Å². The van der Waals surface area contributed by atoms with E-state index in [4.69, 9.17) is 0 Å². The molecule has 1 aliphatic rings. The van der Waals surface area contributed by atoms with Crippen LogP contribution in [0.2, 0.25) is 0 Å². The molecule has 1 nitrogen and oxygen atoms in total. The summed E-state index contributed by atoms with van der Waals surface area (Å²) in [6.45, 7) is 8.13. The lowest BCUT2D eigenvalue weighted by atomic mass is 10.1. The Balaban J connectivity index is 2.06. The van der Waals surface area contributed by atoms with Crippen molar-refractivity contribution in [3.63, 3.8) is 0 Å². The van der Waals surface area contributed by atoms with Crippen molar-refractivity contribution in [3.05, 3.63) is 0 Å². The molecule has 0 aliphatic carbocycles. The molecule has 1 fully saturated rings. The summed E-state index contributed by atoms with van der Waals surface area (Å²) < 4.78 is 0. The van der Waals surface area contributed by atoms with E-state index in [0.29, 0.717) is 6.04 Å². The van der Waals surface area contributed by atoms with Crippen molar-refractivity contribution >= 4 is 11.8 Å². The molecule has 0 aromatic carbocycles. The van der Waals surface area contributed by atoms with Crippen LogP contribution in [0.1, 0.15) is 46.5 Å². The number of thioether (sulfide) groups is 1. The van der Waals surface area contributed by atoms with Crippen LogP contribution in [0.5, 0.6) is 0 Å². The van der Waals surface area contributed by atoms with E-state index in [1.165, 1.54) is 38.0 Å². The van der Waals surface area contributed by atoms with E-state index >= 15 is 0 Å². The Hall–Kier alpha value is 0.310. The number of hydrogen-bond acceptors (Lipinski definition) is 2. The fourth-order valence-electron chi connectivity index (χ4n) is 2.09. The van der Waals surface area contributed by atoms with Gasteiger partial charge in [-0.2, -0.15) is 11.8 Å². The zero-order valence-electron chi connectivity index (χ0n) is 9.88. The lowest BCUT2D eigenvalue weighted by Crippen LogP contribution is -2.34. The monoisotopic (exact) mass is 215 g/mol. The van der Waals surface area contributed by atoms with Gasteiger partial charge in [0.25, 0.3) is 0 Å². The van der Waals surface area contributed by atoms with Gasteiger partial charge in [-0.1, -0.05) is 20.3 Å². The maximum absolute atomic E-state index is 3.66. The topological polar surface area (TPSA) is 12.0 Å². The molecular formula is C12H25NS. The van der Waals surface area contributed by atoms with Crippen LogP contribution in [-0.4, -0.2) is 23.6 Å². The third-order valence-corrected chi connectivity index (χ3v) is 4.19. The molecule has 0 saturated carbocycles. The van der Waals surface area contributed by atoms with Gasteiger partial charge in [0.05, 0.1) is 0 Å². The largest absolute Gasteiger partial charge is 0.313 e. The first kappa shape index (κ1) is 12.4. The summed E-state index contributed by atoms with van der Waals surface area (Å²) in [7, 11) is 0. The minimum absolute atomic E-state index is 0.692. The summed E-state index contributed by atoms with van der Waals surface area (Å²) in [5.41, 5.74) is 0. The Morgan fingerprint density at radius 2 is 2.07 bits per heavy atom. The van der Waals surface area contributed by atoms with E-state index in [1.807, 2.05) is 0 Å². The van der Waals surface area contributed by atoms with Gasteiger partial charge in [-0.15, -0.1) is 0 Å². The Bertz CT molecular complexity index is 141. The lowest BCUT2D eigenvalue weighted by Gasteiger charge is -2.24. The van der Waals surface area contributed by atoms with E-state index in [0.717, 1.165) is 11.2 Å². The van der Waals surface area contributed by atoms with Gasteiger partial charge in [0.1, 0.15) is 0 Å². The van der Waals surface area contributed by atoms with Gasteiger partial charge in [-0.3, -0.25) is 0 Å². The highest BCUT2D eigenvalue weighted by molar-refractivity contribution is 7.99. The highest BCUT2D eigenvalue weighted by atomic mass is 32.2. The van der Waals surface area contributed by atoms with E-state index < -0.39 is 0 Å². The minimum atomic E-state index is 0.692. The zero-order valence-corrected chi connectivity index (χ0v) is 10.7. The smallest absolute Gasteiger partial charge is 0.0172 e. The van der Waals surface area contributed by atoms with Crippen LogP contribution in [-0.2, 0) is 0 Å². The van der Waals surface area contributed by atoms with Crippen LogP contribution in [0.25, 0.3) is 0 Å².